The number of hydrogen-bond acceptors (Lipinski definition) is 6. The van der Waals surface area contributed by atoms with Crippen molar-refractivity contribution in [1.29, 1.82) is 0 Å². The Labute approximate surface area is 175 Å². The van der Waals surface area contributed by atoms with Crippen LogP contribution >= 0.6 is 22.9 Å². The SMILES string of the molecule is O=C(c1cccs1)N1N=C(C2CC2)CC1c1cc2cc3c(cc2nc1Cl)OCO3. The Balaban J connectivity index is 1.43. The summed E-state index contributed by atoms with van der Waals surface area (Å²) in [5.74, 6) is 1.76. The number of amides is 1. The third kappa shape index (κ3) is 2.88. The van der Waals surface area contributed by atoms with E-state index in [1.807, 2.05) is 35.7 Å². The van der Waals surface area contributed by atoms with Crippen molar-refractivity contribution in [2.75, 3.05) is 6.79 Å². The Hall–Kier alpha value is -2.64. The van der Waals surface area contributed by atoms with Crippen molar-refractivity contribution < 1.29 is 14.3 Å². The summed E-state index contributed by atoms with van der Waals surface area (Å²) >= 11 is 8.02. The fraction of sp³-hybridized carbons (Fsp3) is 0.286. The molecule has 2 aliphatic heterocycles. The lowest BCUT2D eigenvalue weighted by molar-refractivity contribution is 0.0716. The summed E-state index contributed by atoms with van der Waals surface area (Å²) in [6.45, 7) is 0.205. The van der Waals surface area contributed by atoms with E-state index in [1.54, 1.807) is 5.01 Å². The van der Waals surface area contributed by atoms with E-state index in [0.717, 1.165) is 35.0 Å². The molecule has 4 heterocycles. The maximum Gasteiger partial charge on any atom is 0.284 e. The fourth-order valence-corrected chi connectivity index (χ4v) is 4.86. The minimum absolute atomic E-state index is 0.0949. The van der Waals surface area contributed by atoms with Crippen LogP contribution in [0, 0.1) is 5.92 Å². The summed E-state index contributed by atoms with van der Waals surface area (Å²) in [4.78, 5) is 18.4. The molecule has 2 aromatic heterocycles. The zero-order valence-corrected chi connectivity index (χ0v) is 16.9. The molecular weight excluding hydrogens is 410 g/mol. The highest BCUT2D eigenvalue weighted by molar-refractivity contribution is 7.12. The molecule has 1 atom stereocenters. The van der Waals surface area contributed by atoms with Crippen LogP contribution in [0.3, 0.4) is 0 Å². The van der Waals surface area contributed by atoms with Gasteiger partial charge in [0, 0.05) is 29.1 Å². The largest absolute Gasteiger partial charge is 0.454 e. The minimum Gasteiger partial charge on any atom is -0.454 e. The van der Waals surface area contributed by atoms with Gasteiger partial charge in [0.05, 0.1) is 16.4 Å². The molecule has 0 N–H and O–H groups in total. The van der Waals surface area contributed by atoms with Gasteiger partial charge in [-0.25, -0.2) is 9.99 Å². The number of ether oxygens (including phenoxy) is 2. The predicted octanol–water partition coefficient (Wildman–Crippen LogP) is 5.03. The quantitative estimate of drug-likeness (QED) is 0.552. The summed E-state index contributed by atoms with van der Waals surface area (Å²) in [6.07, 6.45) is 2.97. The van der Waals surface area contributed by atoms with Crippen LogP contribution in [-0.2, 0) is 0 Å². The topological polar surface area (TPSA) is 64.0 Å². The number of nitrogens with zero attached hydrogens (tertiary/aromatic N) is 3. The second-order valence-electron chi connectivity index (χ2n) is 7.48. The first-order chi connectivity index (χ1) is 14.2. The molecule has 0 bridgehead atoms. The van der Waals surface area contributed by atoms with Crippen molar-refractivity contribution in [3.8, 4) is 11.5 Å². The maximum absolute atomic E-state index is 13.1. The van der Waals surface area contributed by atoms with E-state index in [9.17, 15) is 4.79 Å². The molecule has 0 saturated heterocycles. The summed E-state index contributed by atoms with van der Waals surface area (Å²) in [5.41, 5.74) is 2.63. The van der Waals surface area contributed by atoms with Crippen molar-refractivity contribution >= 4 is 45.5 Å². The van der Waals surface area contributed by atoms with Gasteiger partial charge >= 0.3 is 0 Å². The number of carbonyl (C=O) groups is 1. The van der Waals surface area contributed by atoms with Crippen LogP contribution in [-0.4, -0.2) is 28.4 Å². The fourth-order valence-electron chi connectivity index (χ4n) is 3.93. The zero-order chi connectivity index (χ0) is 19.5. The Kier molecular flexibility index (Phi) is 3.82. The Morgan fingerprint density at radius 1 is 1.21 bits per heavy atom. The molecule has 0 radical (unpaired) electrons. The third-order valence-electron chi connectivity index (χ3n) is 5.57. The van der Waals surface area contributed by atoms with Crippen molar-refractivity contribution in [1.82, 2.24) is 9.99 Å². The molecule has 1 saturated carbocycles. The number of halogens is 1. The van der Waals surface area contributed by atoms with Crippen LogP contribution in [0.1, 0.15) is 40.5 Å². The molecule has 3 aromatic rings. The van der Waals surface area contributed by atoms with Crippen LogP contribution in [0.15, 0.2) is 40.8 Å². The summed E-state index contributed by atoms with van der Waals surface area (Å²) in [7, 11) is 0. The second kappa shape index (κ2) is 6.43. The van der Waals surface area contributed by atoms with Gasteiger partial charge < -0.3 is 9.47 Å². The first-order valence-electron chi connectivity index (χ1n) is 9.51. The van der Waals surface area contributed by atoms with E-state index in [0.29, 0.717) is 33.9 Å². The van der Waals surface area contributed by atoms with Gasteiger partial charge in [-0.15, -0.1) is 11.3 Å². The molecule has 3 aliphatic rings. The number of rotatable bonds is 3. The maximum atomic E-state index is 13.1. The normalized spacial score (nSPS) is 20.4. The van der Waals surface area contributed by atoms with Gasteiger partial charge in [0.2, 0.25) is 6.79 Å². The third-order valence-corrected chi connectivity index (χ3v) is 6.73. The van der Waals surface area contributed by atoms with Gasteiger partial charge in [-0.3, -0.25) is 4.79 Å². The van der Waals surface area contributed by atoms with Gasteiger partial charge in [-0.1, -0.05) is 17.7 Å². The van der Waals surface area contributed by atoms with Gasteiger partial charge in [-0.2, -0.15) is 5.10 Å². The molecule has 0 spiro atoms. The molecule has 146 valence electrons. The van der Waals surface area contributed by atoms with Crippen molar-refractivity contribution in [3.05, 3.63) is 51.3 Å². The molecule has 1 amide bonds. The standard InChI is InChI=1S/C21H16ClN3O3S/c22-20-13(6-12-7-17-18(28-10-27-17)9-14(12)23-20)16-8-15(11-3-4-11)24-25(16)21(26)19-2-1-5-29-19/h1-2,5-7,9,11,16H,3-4,8,10H2. The van der Waals surface area contributed by atoms with Crippen molar-refractivity contribution in [3.63, 3.8) is 0 Å². The molecule has 8 heteroatoms. The van der Waals surface area contributed by atoms with Crippen LogP contribution in [0.4, 0.5) is 0 Å². The molecule has 1 aliphatic carbocycles. The molecule has 1 fully saturated rings. The number of thiophene rings is 1. The molecule has 1 unspecified atom stereocenters. The minimum atomic E-state index is -0.255. The van der Waals surface area contributed by atoms with Crippen LogP contribution in [0.25, 0.3) is 10.9 Å². The monoisotopic (exact) mass is 425 g/mol. The van der Waals surface area contributed by atoms with E-state index in [-0.39, 0.29) is 18.7 Å². The molecular formula is C21H16ClN3O3S. The highest BCUT2D eigenvalue weighted by Gasteiger charge is 2.40. The van der Waals surface area contributed by atoms with Crippen LogP contribution in [0.2, 0.25) is 5.15 Å². The van der Waals surface area contributed by atoms with Gasteiger partial charge in [0.1, 0.15) is 5.15 Å². The highest BCUT2D eigenvalue weighted by atomic mass is 35.5. The number of fused-ring (bicyclic) bond motifs is 2. The van der Waals surface area contributed by atoms with Crippen molar-refractivity contribution in [2.45, 2.75) is 25.3 Å². The Morgan fingerprint density at radius 3 is 2.79 bits per heavy atom. The highest BCUT2D eigenvalue weighted by Crippen LogP contribution is 2.44. The Morgan fingerprint density at radius 2 is 2.03 bits per heavy atom. The molecule has 6 rings (SSSR count). The zero-order valence-electron chi connectivity index (χ0n) is 15.3. The average molecular weight is 426 g/mol. The molecule has 6 nitrogen and oxygen atoms in total. The lowest BCUT2D eigenvalue weighted by atomic mass is 9.99. The average Bonchev–Trinajstić information content (AvgIpc) is 3.13. The smallest absolute Gasteiger partial charge is 0.284 e. The molecule has 1 aromatic carbocycles. The summed E-state index contributed by atoms with van der Waals surface area (Å²) < 4.78 is 10.9. The van der Waals surface area contributed by atoms with Gasteiger partial charge in [0.15, 0.2) is 11.5 Å². The van der Waals surface area contributed by atoms with Crippen LogP contribution in [0.5, 0.6) is 11.5 Å². The van der Waals surface area contributed by atoms with E-state index < -0.39 is 0 Å². The van der Waals surface area contributed by atoms with E-state index >= 15 is 0 Å². The number of carbonyl (C=O) groups excluding carboxylic acids is 1. The lowest BCUT2D eigenvalue weighted by Gasteiger charge is -2.22. The molecule has 29 heavy (non-hydrogen) atoms. The van der Waals surface area contributed by atoms with E-state index in [1.165, 1.54) is 11.3 Å². The van der Waals surface area contributed by atoms with E-state index in [2.05, 4.69) is 4.98 Å². The van der Waals surface area contributed by atoms with Gasteiger partial charge in [0.25, 0.3) is 5.91 Å². The van der Waals surface area contributed by atoms with Crippen molar-refractivity contribution in [2.24, 2.45) is 11.0 Å². The Bertz CT molecular complexity index is 1170. The number of hydrazone groups is 1. The first kappa shape index (κ1) is 17.2. The number of hydrogen-bond donors (Lipinski definition) is 0. The first-order valence-corrected chi connectivity index (χ1v) is 10.8. The summed E-state index contributed by atoms with van der Waals surface area (Å²) in [5, 5.41) is 9.50. The summed E-state index contributed by atoms with van der Waals surface area (Å²) in [6, 6.07) is 9.19. The lowest BCUT2D eigenvalue weighted by Crippen LogP contribution is -2.26. The number of aromatic nitrogens is 1. The number of benzene rings is 1. The predicted molar refractivity (Wildman–Crippen MR) is 111 cm³/mol. The van der Waals surface area contributed by atoms with E-state index in [4.69, 9.17) is 26.2 Å². The number of pyridine rings is 1. The second-order valence-corrected chi connectivity index (χ2v) is 8.78. The van der Waals surface area contributed by atoms with Gasteiger partial charge in [-0.05, 0) is 42.3 Å². The van der Waals surface area contributed by atoms with Crippen LogP contribution < -0.4 is 9.47 Å².